The van der Waals surface area contributed by atoms with Crippen LogP contribution in [0.25, 0.3) is 11.2 Å². The van der Waals surface area contributed by atoms with Crippen molar-refractivity contribution in [3.63, 3.8) is 0 Å². The van der Waals surface area contributed by atoms with Crippen LogP contribution in [0.2, 0.25) is 0 Å². The number of fused-ring (bicyclic) bond motifs is 1. The summed E-state index contributed by atoms with van der Waals surface area (Å²) < 4.78 is 0. The quantitative estimate of drug-likeness (QED) is 0.664. The number of urea groups is 1. The van der Waals surface area contributed by atoms with Crippen LogP contribution in [0.5, 0.6) is 0 Å². The summed E-state index contributed by atoms with van der Waals surface area (Å²) in [6, 6.07) is -0.119. The predicted molar refractivity (Wildman–Crippen MR) is 67.3 cm³/mol. The summed E-state index contributed by atoms with van der Waals surface area (Å²) in [4.78, 5) is 27.9. The Morgan fingerprint density at radius 1 is 1.33 bits per heavy atom. The van der Waals surface area contributed by atoms with Gasteiger partial charge in [0.15, 0.2) is 11.5 Å². The van der Waals surface area contributed by atoms with Gasteiger partial charge in [-0.1, -0.05) is 0 Å². The van der Waals surface area contributed by atoms with Crippen molar-refractivity contribution in [2.24, 2.45) is 0 Å². The number of imidazole rings is 1. The molecule has 8 heteroatoms. The lowest BCUT2D eigenvalue weighted by molar-refractivity contribution is 0.218. The van der Waals surface area contributed by atoms with E-state index in [0.29, 0.717) is 24.6 Å². The van der Waals surface area contributed by atoms with Gasteiger partial charge in [-0.3, -0.25) is 0 Å². The molecule has 0 aliphatic heterocycles. The molecule has 0 atom stereocenters. The van der Waals surface area contributed by atoms with E-state index in [2.05, 4.69) is 30.6 Å². The van der Waals surface area contributed by atoms with Gasteiger partial charge in [0.1, 0.15) is 11.8 Å². The molecule has 2 aromatic heterocycles. The highest BCUT2D eigenvalue weighted by atomic mass is 16.2. The summed E-state index contributed by atoms with van der Waals surface area (Å²) >= 11 is 0. The molecule has 0 bridgehead atoms. The Morgan fingerprint density at radius 2 is 2.17 bits per heavy atom. The molecule has 8 nitrogen and oxygen atoms in total. The van der Waals surface area contributed by atoms with Gasteiger partial charge in [-0.25, -0.2) is 19.7 Å². The highest BCUT2D eigenvalue weighted by Gasteiger charge is 2.05. The maximum Gasteiger partial charge on any atom is 0.316 e. The minimum Gasteiger partial charge on any atom is -0.366 e. The Kier molecular flexibility index (Phi) is 3.56. The second kappa shape index (κ2) is 5.30. The third kappa shape index (κ3) is 2.65. The zero-order valence-electron chi connectivity index (χ0n) is 10.3. The average Bonchev–Trinajstić information content (AvgIpc) is 2.83. The first-order chi connectivity index (χ1) is 8.68. The van der Waals surface area contributed by atoms with Crippen molar-refractivity contribution in [2.75, 3.05) is 32.5 Å². The van der Waals surface area contributed by atoms with Crippen LogP contribution in [-0.4, -0.2) is 58.1 Å². The molecule has 2 heterocycles. The number of aromatic amines is 1. The van der Waals surface area contributed by atoms with Gasteiger partial charge >= 0.3 is 6.03 Å². The third-order valence-corrected chi connectivity index (χ3v) is 2.32. The smallest absolute Gasteiger partial charge is 0.316 e. The van der Waals surface area contributed by atoms with Crippen LogP contribution in [0.3, 0.4) is 0 Å². The Bertz CT molecular complexity index is 536. The van der Waals surface area contributed by atoms with Crippen molar-refractivity contribution < 1.29 is 4.79 Å². The molecule has 0 aromatic carbocycles. The molecular formula is C10H15N7O. The second-order valence-corrected chi connectivity index (χ2v) is 3.88. The van der Waals surface area contributed by atoms with Crippen LogP contribution in [0, 0.1) is 0 Å². The van der Waals surface area contributed by atoms with Crippen molar-refractivity contribution in [3.05, 3.63) is 12.7 Å². The lowest BCUT2D eigenvalue weighted by Crippen LogP contribution is -2.37. The summed E-state index contributed by atoms with van der Waals surface area (Å²) in [5.74, 6) is 0.677. The van der Waals surface area contributed by atoms with E-state index in [0.717, 1.165) is 5.52 Å². The van der Waals surface area contributed by atoms with Crippen molar-refractivity contribution in [1.82, 2.24) is 30.2 Å². The Morgan fingerprint density at radius 3 is 2.94 bits per heavy atom. The number of H-pyrrole nitrogens is 1. The van der Waals surface area contributed by atoms with Gasteiger partial charge in [0.2, 0.25) is 0 Å². The molecule has 0 fully saturated rings. The number of carbonyl (C=O) groups excluding carboxylic acids is 1. The first-order valence-electron chi connectivity index (χ1n) is 5.51. The van der Waals surface area contributed by atoms with Crippen LogP contribution < -0.4 is 10.6 Å². The van der Waals surface area contributed by atoms with Gasteiger partial charge in [-0.15, -0.1) is 0 Å². The summed E-state index contributed by atoms with van der Waals surface area (Å²) in [6.07, 6.45) is 3.02. The fraction of sp³-hybridized carbons (Fsp3) is 0.400. The molecule has 0 saturated carbocycles. The van der Waals surface area contributed by atoms with Crippen molar-refractivity contribution in [3.8, 4) is 0 Å². The molecule has 96 valence electrons. The third-order valence-electron chi connectivity index (χ3n) is 2.32. The zero-order chi connectivity index (χ0) is 13.0. The lowest BCUT2D eigenvalue weighted by atomic mass is 10.4. The molecular weight excluding hydrogens is 234 g/mol. The maximum atomic E-state index is 11.3. The molecule has 2 aromatic rings. The second-order valence-electron chi connectivity index (χ2n) is 3.88. The molecule has 0 unspecified atom stereocenters. The maximum absolute atomic E-state index is 11.3. The first kappa shape index (κ1) is 12.1. The van der Waals surface area contributed by atoms with Gasteiger partial charge in [-0.05, 0) is 0 Å². The highest BCUT2D eigenvalue weighted by Crippen LogP contribution is 2.13. The van der Waals surface area contributed by atoms with E-state index >= 15 is 0 Å². The van der Waals surface area contributed by atoms with Crippen LogP contribution >= 0.6 is 0 Å². The van der Waals surface area contributed by atoms with Gasteiger partial charge in [-0.2, -0.15) is 0 Å². The predicted octanol–water partition coefficient (Wildman–Crippen LogP) is 0.0360. The summed E-state index contributed by atoms with van der Waals surface area (Å²) in [5, 5.41) is 5.86. The van der Waals surface area contributed by atoms with E-state index in [1.807, 2.05) is 0 Å². The van der Waals surface area contributed by atoms with Gasteiger partial charge in [0.05, 0.1) is 6.33 Å². The summed E-state index contributed by atoms with van der Waals surface area (Å²) in [7, 11) is 3.39. The molecule has 0 radical (unpaired) electrons. The first-order valence-corrected chi connectivity index (χ1v) is 5.51. The van der Waals surface area contributed by atoms with E-state index in [9.17, 15) is 4.79 Å². The van der Waals surface area contributed by atoms with E-state index in [-0.39, 0.29) is 6.03 Å². The molecule has 3 N–H and O–H groups in total. The fourth-order valence-electron chi connectivity index (χ4n) is 1.41. The molecule has 0 aliphatic carbocycles. The lowest BCUT2D eigenvalue weighted by Gasteiger charge is -2.12. The van der Waals surface area contributed by atoms with Gasteiger partial charge in [0.25, 0.3) is 0 Å². The fourth-order valence-corrected chi connectivity index (χ4v) is 1.41. The number of hydrogen-bond acceptors (Lipinski definition) is 5. The molecule has 18 heavy (non-hydrogen) atoms. The Balaban J connectivity index is 1.87. The van der Waals surface area contributed by atoms with Crippen LogP contribution in [0.1, 0.15) is 0 Å². The van der Waals surface area contributed by atoms with Gasteiger partial charge in [0, 0.05) is 27.2 Å². The monoisotopic (exact) mass is 249 g/mol. The topological polar surface area (TPSA) is 98.8 Å². The average molecular weight is 249 g/mol. The number of aromatic nitrogens is 4. The minimum atomic E-state index is -0.119. The van der Waals surface area contributed by atoms with Crippen LogP contribution in [0.4, 0.5) is 10.6 Å². The van der Waals surface area contributed by atoms with E-state index in [1.54, 1.807) is 20.4 Å². The van der Waals surface area contributed by atoms with Crippen LogP contribution in [-0.2, 0) is 0 Å². The van der Waals surface area contributed by atoms with E-state index in [1.165, 1.54) is 11.2 Å². The van der Waals surface area contributed by atoms with Gasteiger partial charge < -0.3 is 20.5 Å². The van der Waals surface area contributed by atoms with Crippen molar-refractivity contribution in [1.29, 1.82) is 0 Å². The number of nitrogens with one attached hydrogen (secondary N) is 3. The molecule has 2 amide bonds. The molecule has 0 spiro atoms. The Hall–Kier alpha value is -2.38. The summed E-state index contributed by atoms with van der Waals surface area (Å²) in [5.41, 5.74) is 1.38. The number of rotatable bonds is 4. The number of carbonyl (C=O) groups is 1. The number of anilines is 1. The molecule has 2 rings (SSSR count). The Labute approximate surface area is 104 Å². The molecule has 0 aliphatic rings. The van der Waals surface area contributed by atoms with E-state index < -0.39 is 0 Å². The number of hydrogen-bond donors (Lipinski definition) is 3. The van der Waals surface area contributed by atoms with Crippen molar-refractivity contribution >= 4 is 23.0 Å². The van der Waals surface area contributed by atoms with E-state index in [4.69, 9.17) is 0 Å². The standard InChI is InChI=1S/C10H15N7O/c1-17(2)10(18)12-4-3-11-8-7-9(14-5-13-7)16-6-15-8/h5-6H,3-4H2,1-2H3,(H,12,18)(H2,11,13,14,15,16). The number of amides is 2. The summed E-state index contributed by atoms with van der Waals surface area (Å²) in [6.45, 7) is 1.08. The largest absolute Gasteiger partial charge is 0.366 e. The molecule has 0 saturated heterocycles. The highest BCUT2D eigenvalue weighted by molar-refractivity contribution is 5.81. The van der Waals surface area contributed by atoms with Crippen molar-refractivity contribution in [2.45, 2.75) is 0 Å². The normalized spacial score (nSPS) is 10.3. The number of nitrogens with zero attached hydrogens (tertiary/aromatic N) is 4. The SMILES string of the molecule is CN(C)C(=O)NCCNc1ncnc2nc[nH]c12. The van der Waals surface area contributed by atoms with Crippen LogP contribution in [0.15, 0.2) is 12.7 Å². The zero-order valence-corrected chi connectivity index (χ0v) is 10.3. The minimum absolute atomic E-state index is 0.119.